The monoisotopic (exact) mass is 183 g/mol. The zero-order chi connectivity index (χ0) is 9.42. The number of hydrogen-bond donors (Lipinski definition) is 1. The first kappa shape index (κ1) is 8.34. The highest BCUT2D eigenvalue weighted by molar-refractivity contribution is 5.00. The Balaban J connectivity index is 2.28. The normalized spacial score (nSPS) is 16.5. The second-order valence-electron chi connectivity index (χ2n) is 3.58. The quantitative estimate of drug-likeness (QED) is 0.750. The van der Waals surface area contributed by atoms with Crippen LogP contribution in [0.1, 0.15) is 32.7 Å². The van der Waals surface area contributed by atoms with Gasteiger partial charge < -0.3 is 4.74 Å². The van der Waals surface area contributed by atoms with Gasteiger partial charge in [0, 0.05) is 6.04 Å². The van der Waals surface area contributed by atoms with Crippen LogP contribution in [0.3, 0.4) is 0 Å². The molecule has 0 saturated heterocycles. The molecular formula is C8H13N3O2. The largest absolute Gasteiger partial charge is 0.461 e. The fourth-order valence-corrected chi connectivity index (χ4v) is 1.24. The van der Waals surface area contributed by atoms with E-state index in [9.17, 15) is 4.79 Å². The summed E-state index contributed by atoms with van der Waals surface area (Å²) in [5, 5.41) is 6.22. The van der Waals surface area contributed by atoms with Crippen LogP contribution in [0.25, 0.3) is 0 Å². The first-order valence-electron chi connectivity index (χ1n) is 4.52. The summed E-state index contributed by atoms with van der Waals surface area (Å²) in [5.74, 6) is 0. The maximum atomic E-state index is 11.3. The zero-order valence-corrected chi connectivity index (χ0v) is 7.78. The summed E-state index contributed by atoms with van der Waals surface area (Å²) in [6.45, 7) is 3.83. The van der Waals surface area contributed by atoms with Gasteiger partial charge in [-0.3, -0.25) is 0 Å². The highest BCUT2D eigenvalue weighted by Crippen LogP contribution is 2.35. The van der Waals surface area contributed by atoms with E-state index in [1.54, 1.807) is 4.57 Å². The molecule has 1 N–H and O–H groups in total. The lowest BCUT2D eigenvalue weighted by molar-refractivity contribution is 0.210. The summed E-state index contributed by atoms with van der Waals surface area (Å²) in [7, 11) is 0. The Kier molecular flexibility index (Phi) is 1.86. The Morgan fingerprint density at radius 2 is 2.31 bits per heavy atom. The number of nitrogens with one attached hydrogen (secondary N) is 1. The van der Waals surface area contributed by atoms with Crippen LogP contribution in [-0.2, 0) is 0 Å². The van der Waals surface area contributed by atoms with E-state index in [1.807, 2.05) is 13.8 Å². The van der Waals surface area contributed by atoms with E-state index in [0.29, 0.717) is 12.1 Å². The Morgan fingerprint density at radius 3 is 2.85 bits per heavy atom. The van der Waals surface area contributed by atoms with Gasteiger partial charge in [0.25, 0.3) is 0 Å². The lowest BCUT2D eigenvalue weighted by atomic mass is 10.5. The predicted octanol–water partition coefficient (Wildman–Crippen LogP) is 0.694. The summed E-state index contributed by atoms with van der Waals surface area (Å²) in [6.07, 6.45) is 2.15. The molecule has 2 rings (SSSR count). The summed E-state index contributed by atoms with van der Waals surface area (Å²) in [5.41, 5.74) is -0.168. The molecule has 0 atom stereocenters. The number of aromatic nitrogens is 3. The van der Waals surface area contributed by atoms with E-state index >= 15 is 0 Å². The summed E-state index contributed by atoms with van der Waals surface area (Å²) < 4.78 is 6.99. The summed E-state index contributed by atoms with van der Waals surface area (Å²) in [6, 6.07) is 0.725. The molecule has 0 aliphatic heterocycles. The summed E-state index contributed by atoms with van der Waals surface area (Å²) >= 11 is 0. The van der Waals surface area contributed by atoms with Crippen LogP contribution in [0.2, 0.25) is 0 Å². The molecule has 5 nitrogen and oxygen atoms in total. The average Bonchev–Trinajstić information content (AvgIpc) is 2.79. The van der Waals surface area contributed by atoms with Crippen LogP contribution in [0.4, 0.5) is 0 Å². The number of nitrogens with zero attached hydrogens (tertiary/aromatic N) is 2. The number of aromatic amines is 1. The van der Waals surface area contributed by atoms with E-state index in [4.69, 9.17) is 4.74 Å². The number of H-pyrrole nitrogens is 1. The van der Waals surface area contributed by atoms with Gasteiger partial charge >= 0.3 is 11.7 Å². The first-order valence-corrected chi connectivity index (χ1v) is 4.52. The average molecular weight is 183 g/mol. The van der Waals surface area contributed by atoms with Crippen molar-refractivity contribution in [2.45, 2.75) is 38.8 Å². The summed E-state index contributed by atoms with van der Waals surface area (Å²) in [4.78, 5) is 11.3. The van der Waals surface area contributed by atoms with Gasteiger partial charge in [-0.25, -0.2) is 14.5 Å². The molecule has 1 aliphatic carbocycles. The van der Waals surface area contributed by atoms with Crippen molar-refractivity contribution in [3.8, 4) is 6.01 Å². The molecule has 0 bridgehead atoms. The standard InChI is InChI=1S/C8H13N3O2/c1-5(2)13-8-10-9-7(12)11(8)6-3-4-6/h5-6H,3-4H2,1-2H3,(H,9,12). The van der Waals surface area contributed by atoms with Crippen LogP contribution < -0.4 is 10.4 Å². The molecule has 0 radical (unpaired) electrons. The van der Waals surface area contributed by atoms with Crippen molar-refractivity contribution in [3.63, 3.8) is 0 Å². The van der Waals surface area contributed by atoms with E-state index in [2.05, 4.69) is 10.2 Å². The van der Waals surface area contributed by atoms with Crippen molar-refractivity contribution in [2.75, 3.05) is 0 Å². The lowest BCUT2D eigenvalue weighted by Gasteiger charge is -2.08. The van der Waals surface area contributed by atoms with Crippen molar-refractivity contribution >= 4 is 0 Å². The number of ether oxygens (including phenoxy) is 1. The van der Waals surface area contributed by atoms with Crippen LogP contribution in [-0.4, -0.2) is 20.9 Å². The fraction of sp³-hybridized carbons (Fsp3) is 0.750. The van der Waals surface area contributed by atoms with Crippen molar-refractivity contribution in [1.82, 2.24) is 14.8 Å². The molecule has 13 heavy (non-hydrogen) atoms. The van der Waals surface area contributed by atoms with Crippen molar-refractivity contribution < 1.29 is 4.74 Å². The molecule has 1 heterocycles. The molecule has 0 unspecified atom stereocenters. The minimum atomic E-state index is -0.168. The molecule has 0 amide bonds. The van der Waals surface area contributed by atoms with Gasteiger partial charge in [0.15, 0.2) is 0 Å². The lowest BCUT2D eigenvalue weighted by Crippen LogP contribution is -2.18. The minimum Gasteiger partial charge on any atom is -0.461 e. The van der Waals surface area contributed by atoms with Crippen molar-refractivity contribution in [3.05, 3.63) is 10.5 Å². The van der Waals surface area contributed by atoms with Gasteiger partial charge in [-0.05, 0) is 26.7 Å². The Morgan fingerprint density at radius 1 is 1.62 bits per heavy atom. The highest BCUT2D eigenvalue weighted by Gasteiger charge is 2.29. The first-order chi connectivity index (χ1) is 6.18. The molecular weight excluding hydrogens is 170 g/mol. The molecule has 1 saturated carbocycles. The maximum Gasteiger partial charge on any atom is 0.346 e. The Hall–Kier alpha value is -1.26. The minimum absolute atomic E-state index is 0.0488. The molecule has 5 heteroatoms. The third-order valence-electron chi connectivity index (χ3n) is 1.93. The highest BCUT2D eigenvalue weighted by atomic mass is 16.5. The van der Waals surface area contributed by atoms with Gasteiger partial charge in [-0.2, -0.15) is 0 Å². The SMILES string of the molecule is CC(C)Oc1n[nH]c(=O)n1C1CC1. The van der Waals surface area contributed by atoms with Gasteiger partial charge in [-0.15, -0.1) is 5.10 Å². The molecule has 1 aliphatic rings. The molecule has 0 spiro atoms. The molecule has 1 aromatic heterocycles. The predicted molar refractivity (Wildman–Crippen MR) is 46.9 cm³/mol. The second kappa shape index (κ2) is 2.90. The van der Waals surface area contributed by atoms with E-state index in [1.165, 1.54) is 0 Å². The maximum absolute atomic E-state index is 11.3. The van der Waals surface area contributed by atoms with E-state index in [0.717, 1.165) is 12.8 Å². The fourth-order valence-electron chi connectivity index (χ4n) is 1.24. The van der Waals surface area contributed by atoms with Crippen LogP contribution in [0, 0.1) is 0 Å². The molecule has 72 valence electrons. The number of hydrogen-bond acceptors (Lipinski definition) is 3. The Bertz CT molecular complexity index is 349. The van der Waals surface area contributed by atoms with Crippen LogP contribution in [0.15, 0.2) is 4.79 Å². The van der Waals surface area contributed by atoms with Gasteiger partial charge in [0.1, 0.15) is 0 Å². The number of rotatable bonds is 3. The van der Waals surface area contributed by atoms with Crippen LogP contribution >= 0.6 is 0 Å². The second-order valence-corrected chi connectivity index (χ2v) is 3.58. The molecule has 1 fully saturated rings. The third-order valence-corrected chi connectivity index (χ3v) is 1.93. The van der Waals surface area contributed by atoms with Crippen molar-refractivity contribution in [1.29, 1.82) is 0 Å². The zero-order valence-electron chi connectivity index (χ0n) is 7.78. The van der Waals surface area contributed by atoms with E-state index < -0.39 is 0 Å². The van der Waals surface area contributed by atoms with Gasteiger partial charge in [0.2, 0.25) is 0 Å². The van der Waals surface area contributed by atoms with Crippen molar-refractivity contribution in [2.24, 2.45) is 0 Å². The van der Waals surface area contributed by atoms with Gasteiger partial charge in [0.05, 0.1) is 6.10 Å². The molecule has 0 aromatic carbocycles. The molecule has 1 aromatic rings. The Labute approximate surface area is 75.7 Å². The smallest absolute Gasteiger partial charge is 0.346 e. The topological polar surface area (TPSA) is 59.9 Å². The van der Waals surface area contributed by atoms with E-state index in [-0.39, 0.29) is 11.8 Å². The van der Waals surface area contributed by atoms with Crippen LogP contribution in [0.5, 0.6) is 6.01 Å². The van der Waals surface area contributed by atoms with Gasteiger partial charge in [-0.1, -0.05) is 0 Å². The third kappa shape index (κ3) is 1.59.